The van der Waals surface area contributed by atoms with Gasteiger partial charge in [-0.25, -0.2) is 0 Å². The fourth-order valence-electron chi connectivity index (χ4n) is 3.08. The Balaban J connectivity index is 1.66. The molecule has 1 N–H and O–H groups in total. The van der Waals surface area contributed by atoms with Crippen LogP contribution in [0.3, 0.4) is 0 Å². The monoisotopic (exact) mass is 280 g/mol. The zero-order chi connectivity index (χ0) is 14.7. The molecule has 2 nitrogen and oxygen atoms in total. The summed E-state index contributed by atoms with van der Waals surface area (Å²) >= 11 is 0. The highest BCUT2D eigenvalue weighted by Crippen LogP contribution is 2.27. The number of benzene rings is 2. The van der Waals surface area contributed by atoms with Crippen LogP contribution >= 0.6 is 0 Å². The van der Waals surface area contributed by atoms with Crippen molar-refractivity contribution >= 4 is 5.69 Å². The van der Waals surface area contributed by atoms with Crippen LogP contribution in [0.1, 0.15) is 36.1 Å². The molecule has 0 radical (unpaired) electrons. The highest BCUT2D eigenvalue weighted by atomic mass is 15.1. The lowest BCUT2D eigenvalue weighted by Crippen LogP contribution is -2.25. The largest absolute Gasteiger partial charge is 0.374 e. The van der Waals surface area contributed by atoms with E-state index in [1.54, 1.807) is 0 Å². The Kier molecular flexibility index (Phi) is 4.26. The van der Waals surface area contributed by atoms with Gasteiger partial charge in [-0.3, -0.25) is 0 Å². The molecule has 0 saturated heterocycles. The Morgan fingerprint density at radius 3 is 2.76 bits per heavy atom. The molecule has 0 fully saturated rings. The molecule has 0 unspecified atom stereocenters. The third-order valence-electron chi connectivity index (χ3n) is 4.41. The molecule has 3 rings (SSSR count). The predicted molar refractivity (Wildman–Crippen MR) is 89.7 cm³/mol. The summed E-state index contributed by atoms with van der Waals surface area (Å²) in [5, 5.41) is 3.62. The van der Waals surface area contributed by atoms with Crippen molar-refractivity contribution in [1.29, 1.82) is 0 Å². The molecule has 1 aliphatic heterocycles. The molecule has 1 aliphatic rings. The van der Waals surface area contributed by atoms with Gasteiger partial charge in [-0.2, -0.15) is 0 Å². The van der Waals surface area contributed by atoms with Crippen LogP contribution in [0.15, 0.2) is 48.5 Å². The molecule has 0 aliphatic carbocycles. The van der Waals surface area contributed by atoms with Crippen molar-refractivity contribution in [2.75, 3.05) is 18.5 Å². The van der Waals surface area contributed by atoms with Gasteiger partial charge < -0.3 is 10.2 Å². The number of nitrogens with one attached hydrogen (secondary N) is 1. The molecule has 0 spiro atoms. The maximum Gasteiger partial charge on any atom is 0.0396 e. The van der Waals surface area contributed by atoms with Crippen LogP contribution in [0.25, 0.3) is 0 Å². The number of fused-ring (bicyclic) bond motifs is 1. The first-order chi connectivity index (χ1) is 10.2. The summed E-state index contributed by atoms with van der Waals surface area (Å²) < 4.78 is 0. The molecular weight excluding hydrogens is 256 g/mol. The second-order valence-corrected chi connectivity index (χ2v) is 6.00. The predicted octanol–water partition coefficient (Wildman–Crippen LogP) is 3.92. The number of hydrogen-bond acceptors (Lipinski definition) is 2. The fraction of sp³-hybridized carbons (Fsp3) is 0.368. The van der Waals surface area contributed by atoms with E-state index in [1.165, 1.54) is 41.8 Å². The Labute approximate surface area is 127 Å². The minimum Gasteiger partial charge on any atom is -0.374 e. The standard InChI is InChI=1S/C19H24N2/c1-15(17-7-4-3-5-8-17)20-14-16-10-11-19-18(13-16)9-6-12-21(19)2/h3-5,7-8,10-11,13,15,20H,6,9,12,14H2,1-2H3/t15-/m0/s1. The first-order valence-electron chi connectivity index (χ1n) is 7.85. The van der Waals surface area contributed by atoms with Crippen molar-refractivity contribution < 1.29 is 0 Å². The average molecular weight is 280 g/mol. The van der Waals surface area contributed by atoms with Crippen LogP contribution in [0.5, 0.6) is 0 Å². The number of aryl methyl sites for hydroxylation is 1. The van der Waals surface area contributed by atoms with E-state index in [2.05, 4.69) is 72.7 Å². The van der Waals surface area contributed by atoms with Gasteiger partial charge in [-0.1, -0.05) is 42.5 Å². The van der Waals surface area contributed by atoms with Gasteiger partial charge >= 0.3 is 0 Å². The highest BCUT2D eigenvalue weighted by molar-refractivity contribution is 5.56. The normalized spacial score (nSPS) is 15.6. The first kappa shape index (κ1) is 14.2. The summed E-state index contributed by atoms with van der Waals surface area (Å²) in [7, 11) is 2.19. The summed E-state index contributed by atoms with van der Waals surface area (Å²) in [6.07, 6.45) is 2.47. The van der Waals surface area contributed by atoms with Crippen molar-refractivity contribution in [2.24, 2.45) is 0 Å². The van der Waals surface area contributed by atoms with Gasteiger partial charge in [0.05, 0.1) is 0 Å². The maximum absolute atomic E-state index is 3.62. The maximum atomic E-state index is 3.62. The van der Waals surface area contributed by atoms with E-state index in [-0.39, 0.29) is 0 Å². The van der Waals surface area contributed by atoms with E-state index >= 15 is 0 Å². The summed E-state index contributed by atoms with van der Waals surface area (Å²) in [5.74, 6) is 0. The molecule has 2 aromatic carbocycles. The lowest BCUT2D eigenvalue weighted by molar-refractivity contribution is 0.574. The van der Waals surface area contributed by atoms with Crippen LogP contribution in [-0.4, -0.2) is 13.6 Å². The summed E-state index contributed by atoms with van der Waals surface area (Å²) in [4.78, 5) is 2.36. The SMILES string of the molecule is C[C@H](NCc1ccc2c(c1)CCCN2C)c1ccccc1. The summed E-state index contributed by atoms with van der Waals surface area (Å²) in [6, 6.07) is 17.9. The van der Waals surface area contributed by atoms with Crippen LogP contribution in [0.2, 0.25) is 0 Å². The average Bonchev–Trinajstić information content (AvgIpc) is 2.53. The van der Waals surface area contributed by atoms with E-state index in [9.17, 15) is 0 Å². The van der Waals surface area contributed by atoms with Crippen molar-refractivity contribution in [3.8, 4) is 0 Å². The van der Waals surface area contributed by atoms with E-state index in [1.807, 2.05) is 0 Å². The Morgan fingerprint density at radius 1 is 1.14 bits per heavy atom. The number of rotatable bonds is 4. The quantitative estimate of drug-likeness (QED) is 0.913. The second-order valence-electron chi connectivity index (χ2n) is 6.00. The highest BCUT2D eigenvalue weighted by Gasteiger charge is 2.13. The van der Waals surface area contributed by atoms with Crippen molar-refractivity contribution in [2.45, 2.75) is 32.4 Å². The van der Waals surface area contributed by atoms with Gasteiger partial charge in [0.25, 0.3) is 0 Å². The first-order valence-corrected chi connectivity index (χ1v) is 7.85. The molecule has 2 aromatic rings. The molecule has 21 heavy (non-hydrogen) atoms. The van der Waals surface area contributed by atoms with Gasteiger partial charge in [-0.15, -0.1) is 0 Å². The van der Waals surface area contributed by atoms with Crippen molar-refractivity contribution in [3.63, 3.8) is 0 Å². The zero-order valence-electron chi connectivity index (χ0n) is 13.0. The summed E-state index contributed by atoms with van der Waals surface area (Å²) in [5.41, 5.74) is 5.62. The molecule has 0 saturated carbocycles. The van der Waals surface area contributed by atoms with E-state index in [0.29, 0.717) is 6.04 Å². The van der Waals surface area contributed by atoms with E-state index in [4.69, 9.17) is 0 Å². The molecule has 1 atom stereocenters. The fourth-order valence-corrected chi connectivity index (χ4v) is 3.08. The molecule has 110 valence electrons. The molecule has 1 heterocycles. The van der Waals surface area contributed by atoms with Gasteiger partial charge in [0.15, 0.2) is 0 Å². The third-order valence-corrected chi connectivity index (χ3v) is 4.41. The van der Waals surface area contributed by atoms with Crippen LogP contribution in [-0.2, 0) is 13.0 Å². The molecular formula is C19H24N2. The lowest BCUT2D eigenvalue weighted by Gasteiger charge is -2.28. The van der Waals surface area contributed by atoms with Gasteiger partial charge in [0, 0.05) is 31.9 Å². The Bertz CT molecular complexity index is 592. The molecule has 0 amide bonds. The zero-order valence-corrected chi connectivity index (χ0v) is 13.0. The van der Waals surface area contributed by atoms with E-state index < -0.39 is 0 Å². The second kappa shape index (κ2) is 6.31. The molecule has 0 aromatic heterocycles. The van der Waals surface area contributed by atoms with Gasteiger partial charge in [0.1, 0.15) is 0 Å². The van der Waals surface area contributed by atoms with E-state index in [0.717, 1.165) is 6.54 Å². The third kappa shape index (κ3) is 3.27. The minimum absolute atomic E-state index is 0.380. The van der Waals surface area contributed by atoms with Gasteiger partial charge in [0.2, 0.25) is 0 Å². The lowest BCUT2D eigenvalue weighted by atomic mass is 9.99. The van der Waals surface area contributed by atoms with Crippen LogP contribution in [0, 0.1) is 0 Å². The Hall–Kier alpha value is -1.80. The summed E-state index contributed by atoms with van der Waals surface area (Å²) in [6.45, 7) is 4.32. The minimum atomic E-state index is 0.380. The topological polar surface area (TPSA) is 15.3 Å². The number of nitrogens with zero attached hydrogens (tertiary/aromatic N) is 1. The number of anilines is 1. The smallest absolute Gasteiger partial charge is 0.0396 e. The molecule has 2 heteroatoms. The van der Waals surface area contributed by atoms with Crippen LogP contribution in [0.4, 0.5) is 5.69 Å². The Morgan fingerprint density at radius 2 is 1.95 bits per heavy atom. The van der Waals surface area contributed by atoms with Gasteiger partial charge in [-0.05, 0) is 42.5 Å². The molecule has 0 bridgehead atoms. The van der Waals surface area contributed by atoms with Crippen LogP contribution < -0.4 is 10.2 Å². The van der Waals surface area contributed by atoms with Crippen molar-refractivity contribution in [1.82, 2.24) is 5.32 Å². The van der Waals surface area contributed by atoms with Crippen molar-refractivity contribution in [3.05, 3.63) is 65.2 Å². The number of hydrogen-bond donors (Lipinski definition) is 1.